The minimum Gasteiger partial charge on any atom is -0.474 e. The Morgan fingerprint density at radius 3 is 2.62 bits per heavy atom. The first-order valence-electron chi connectivity index (χ1n) is 6.33. The molecule has 120 valence electrons. The predicted octanol–water partition coefficient (Wildman–Crippen LogP) is 2.82. The number of hydrogen-bond acceptors (Lipinski definition) is 5. The highest BCUT2D eigenvalue weighted by Gasteiger charge is 2.31. The van der Waals surface area contributed by atoms with Gasteiger partial charge in [0.1, 0.15) is 12.7 Å². The van der Waals surface area contributed by atoms with E-state index in [1.165, 1.54) is 18.3 Å². The molecule has 1 atom stereocenters. The van der Waals surface area contributed by atoms with Crippen LogP contribution in [0.2, 0.25) is 0 Å². The molecular formula is C13H19F3N2O2S. The van der Waals surface area contributed by atoms with Crippen LogP contribution in [-0.4, -0.2) is 40.4 Å². The van der Waals surface area contributed by atoms with E-state index >= 15 is 0 Å². The molecule has 2 N–H and O–H groups in total. The third kappa shape index (κ3) is 8.13. The molecule has 0 aliphatic rings. The van der Waals surface area contributed by atoms with Gasteiger partial charge in [-0.1, -0.05) is 0 Å². The molecule has 0 saturated carbocycles. The standard InChI is InChI=1S/C13H19F3N2O2S/c1-12(2,3)18-7-9(19)8-20-11-10(5-4-6-17-11)21-13(14,15)16/h4-6,9,18-19H,7-8H2,1-3H3. The summed E-state index contributed by atoms with van der Waals surface area (Å²) >= 11 is -0.288. The van der Waals surface area contributed by atoms with Gasteiger partial charge in [0.05, 0.1) is 4.90 Å². The van der Waals surface area contributed by atoms with Crippen LogP contribution in [0.4, 0.5) is 13.2 Å². The average Bonchev–Trinajstić information content (AvgIpc) is 2.32. The Morgan fingerprint density at radius 2 is 2.05 bits per heavy atom. The van der Waals surface area contributed by atoms with E-state index in [0.29, 0.717) is 0 Å². The van der Waals surface area contributed by atoms with Gasteiger partial charge in [-0.15, -0.1) is 0 Å². The van der Waals surface area contributed by atoms with Gasteiger partial charge >= 0.3 is 5.51 Å². The van der Waals surface area contributed by atoms with Crippen LogP contribution in [0.1, 0.15) is 20.8 Å². The SMILES string of the molecule is CC(C)(C)NCC(O)COc1ncccc1SC(F)(F)F. The molecule has 1 rings (SSSR count). The van der Waals surface area contributed by atoms with E-state index in [-0.39, 0.29) is 41.2 Å². The Morgan fingerprint density at radius 1 is 1.38 bits per heavy atom. The molecule has 1 aromatic rings. The first-order chi connectivity index (χ1) is 9.57. The molecule has 0 aromatic carbocycles. The Kier molecular flexibility index (Phi) is 6.30. The van der Waals surface area contributed by atoms with E-state index in [4.69, 9.17) is 4.74 Å². The molecule has 21 heavy (non-hydrogen) atoms. The molecular weight excluding hydrogens is 305 g/mol. The second-order valence-electron chi connectivity index (χ2n) is 5.45. The summed E-state index contributed by atoms with van der Waals surface area (Å²) in [5.41, 5.74) is -4.57. The van der Waals surface area contributed by atoms with Crippen molar-refractivity contribution in [2.45, 2.75) is 42.8 Å². The number of nitrogens with one attached hydrogen (secondary N) is 1. The number of alkyl halides is 3. The minimum atomic E-state index is -4.41. The van der Waals surface area contributed by atoms with Gasteiger partial charge in [-0.05, 0) is 44.7 Å². The summed E-state index contributed by atoms with van der Waals surface area (Å²) in [5.74, 6) is -0.130. The zero-order chi connectivity index (χ0) is 16.1. The summed E-state index contributed by atoms with van der Waals surface area (Å²) < 4.78 is 42.4. The topological polar surface area (TPSA) is 54.4 Å². The number of nitrogens with zero attached hydrogens (tertiary/aromatic N) is 1. The minimum absolute atomic E-state index is 0.124. The maximum Gasteiger partial charge on any atom is 0.446 e. The van der Waals surface area contributed by atoms with E-state index in [9.17, 15) is 18.3 Å². The summed E-state index contributed by atoms with van der Waals surface area (Å²) in [6.45, 7) is 5.97. The molecule has 0 spiro atoms. The number of halogens is 3. The average molecular weight is 324 g/mol. The lowest BCUT2D eigenvalue weighted by molar-refractivity contribution is -0.0329. The zero-order valence-corrected chi connectivity index (χ0v) is 12.9. The van der Waals surface area contributed by atoms with Crippen molar-refractivity contribution >= 4 is 11.8 Å². The molecule has 0 fully saturated rings. The third-order valence-electron chi connectivity index (χ3n) is 2.24. The summed E-state index contributed by atoms with van der Waals surface area (Å²) in [4.78, 5) is 3.65. The van der Waals surface area contributed by atoms with Gasteiger partial charge in [0.2, 0.25) is 5.88 Å². The Labute approximate surface area is 126 Å². The summed E-state index contributed by atoms with van der Waals surface area (Å²) in [7, 11) is 0. The molecule has 1 aromatic heterocycles. The smallest absolute Gasteiger partial charge is 0.446 e. The second-order valence-corrected chi connectivity index (χ2v) is 6.56. The normalized spacial score (nSPS) is 14.0. The van der Waals surface area contributed by atoms with Crippen LogP contribution >= 0.6 is 11.8 Å². The van der Waals surface area contributed by atoms with Crippen molar-refractivity contribution in [3.8, 4) is 5.88 Å². The van der Waals surface area contributed by atoms with E-state index in [1.54, 1.807) is 0 Å². The van der Waals surface area contributed by atoms with Crippen molar-refractivity contribution in [3.05, 3.63) is 18.3 Å². The van der Waals surface area contributed by atoms with Crippen molar-refractivity contribution in [3.63, 3.8) is 0 Å². The summed E-state index contributed by atoms with van der Waals surface area (Å²) in [6.07, 6.45) is 0.505. The maximum atomic E-state index is 12.4. The molecule has 0 amide bonds. The number of rotatable bonds is 6. The van der Waals surface area contributed by atoms with E-state index in [1.807, 2.05) is 20.8 Å². The zero-order valence-electron chi connectivity index (χ0n) is 12.1. The van der Waals surface area contributed by atoms with Crippen LogP contribution in [-0.2, 0) is 0 Å². The van der Waals surface area contributed by atoms with E-state index in [2.05, 4.69) is 10.3 Å². The molecule has 1 heterocycles. The van der Waals surface area contributed by atoms with Crippen LogP contribution in [0.25, 0.3) is 0 Å². The number of ether oxygens (including phenoxy) is 1. The molecule has 1 unspecified atom stereocenters. The van der Waals surface area contributed by atoms with Crippen LogP contribution in [0, 0.1) is 0 Å². The number of β-amino-alcohol motifs (C(OH)–C–C–N with tert-alkyl or cyclic N) is 1. The number of aliphatic hydroxyl groups excluding tert-OH is 1. The molecule has 0 saturated heterocycles. The van der Waals surface area contributed by atoms with Gasteiger partial charge in [-0.25, -0.2) is 4.98 Å². The Hall–Kier alpha value is -0.990. The highest BCUT2D eigenvalue weighted by molar-refractivity contribution is 8.00. The lowest BCUT2D eigenvalue weighted by Gasteiger charge is -2.23. The van der Waals surface area contributed by atoms with Crippen molar-refractivity contribution in [1.29, 1.82) is 0 Å². The first-order valence-corrected chi connectivity index (χ1v) is 7.15. The largest absolute Gasteiger partial charge is 0.474 e. The van der Waals surface area contributed by atoms with Gasteiger partial charge < -0.3 is 15.2 Å². The van der Waals surface area contributed by atoms with E-state index in [0.717, 1.165) is 0 Å². The fourth-order valence-electron chi connectivity index (χ4n) is 1.34. The van der Waals surface area contributed by atoms with Crippen molar-refractivity contribution in [2.24, 2.45) is 0 Å². The van der Waals surface area contributed by atoms with Crippen LogP contribution in [0.5, 0.6) is 5.88 Å². The van der Waals surface area contributed by atoms with Crippen molar-refractivity contribution < 1.29 is 23.0 Å². The highest BCUT2D eigenvalue weighted by Crippen LogP contribution is 2.40. The second kappa shape index (κ2) is 7.33. The molecule has 0 radical (unpaired) electrons. The number of aromatic nitrogens is 1. The summed E-state index contributed by atoms with van der Waals surface area (Å²) in [6, 6.07) is 2.68. The third-order valence-corrected chi connectivity index (χ3v) is 3.00. The predicted molar refractivity (Wildman–Crippen MR) is 75.4 cm³/mol. The van der Waals surface area contributed by atoms with Crippen molar-refractivity contribution in [1.82, 2.24) is 10.3 Å². The van der Waals surface area contributed by atoms with Crippen molar-refractivity contribution in [2.75, 3.05) is 13.2 Å². The number of aliphatic hydroxyl groups is 1. The molecule has 8 heteroatoms. The molecule has 4 nitrogen and oxygen atoms in total. The van der Waals surface area contributed by atoms with Gasteiger partial charge in [0.15, 0.2) is 0 Å². The molecule has 0 aliphatic carbocycles. The maximum absolute atomic E-state index is 12.4. The fourth-order valence-corrected chi connectivity index (χ4v) is 1.94. The van der Waals surface area contributed by atoms with Crippen LogP contribution in [0.15, 0.2) is 23.2 Å². The van der Waals surface area contributed by atoms with Gasteiger partial charge in [0, 0.05) is 18.3 Å². The summed E-state index contributed by atoms with van der Waals surface area (Å²) in [5, 5.41) is 12.8. The monoisotopic (exact) mass is 324 g/mol. The Balaban J connectivity index is 2.55. The highest BCUT2D eigenvalue weighted by atomic mass is 32.2. The van der Waals surface area contributed by atoms with Crippen LogP contribution < -0.4 is 10.1 Å². The van der Waals surface area contributed by atoms with Crippen LogP contribution in [0.3, 0.4) is 0 Å². The van der Waals surface area contributed by atoms with Gasteiger partial charge in [-0.3, -0.25) is 0 Å². The quantitative estimate of drug-likeness (QED) is 0.788. The lowest BCUT2D eigenvalue weighted by atomic mass is 10.1. The fraction of sp³-hybridized carbons (Fsp3) is 0.615. The lowest BCUT2D eigenvalue weighted by Crippen LogP contribution is -2.42. The number of thioether (sulfide) groups is 1. The molecule has 0 aliphatic heterocycles. The van der Waals surface area contributed by atoms with E-state index < -0.39 is 11.6 Å². The number of hydrogen-bond donors (Lipinski definition) is 2. The van der Waals surface area contributed by atoms with Gasteiger partial charge in [-0.2, -0.15) is 13.2 Å². The Bertz CT molecular complexity index is 450. The van der Waals surface area contributed by atoms with Gasteiger partial charge in [0.25, 0.3) is 0 Å². The number of pyridine rings is 1. The molecule has 0 bridgehead atoms. The first kappa shape index (κ1) is 18.1.